The van der Waals surface area contributed by atoms with Gasteiger partial charge in [-0.1, -0.05) is 0 Å². The second-order valence-electron chi connectivity index (χ2n) is 1.23. The Morgan fingerprint density at radius 2 is 2.33 bits per heavy atom. The fraction of sp³-hybridized carbons (Fsp3) is 0.600. The first kappa shape index (κ1) is 6.17. The molecule has 0 aliphatic heterocycles. The second kappa shape index (κ2) is 3.36. The van der Waals surface area contributed by atoms with Crippen molar-refractivity contribution in [2.45, 2.75) is 20.3 Å². The summed E-state index contributed by atoms with van der Waals surface area (Å²) in [5, 5.41) is 0. The SMILES string of the molecule is CCC(C)=[C]=[Mn]. The van der Waals surface area contributed by atoms with Crippen molar-refractivity contribution in [3.8, 4) is 0 Å². The van der Waals surface area contributed by atoms with Gasteiger partial charge in [-0.25, -0.2) is 0 Å². The Morgan fingerprint density at radius 1 is 1.83 bits per heavy atom. The Balaban J connectivity index is 3.52. The molecule has 0 rings (SSSR count). The van der Waals surface area contributed by atoms with E-state index in [4.69, 9.17) is 0 Å². The Kier molecular flexibility index (Phi) is 3.46. The summed E-state index contributed by atoms with van der Waals surface area (Å²) >= 11 is 3.09. The van der Waals surface area contributed by atoms with Crippen LogP contribution in [0.15, 0.2) is 5.57 Å². The Hall–Kier alpha value is 0.169. The summed E-state index contributed by atoms with van der Waals surface area (Å²) < 4.78 is 2.84. The van der Waals surface area contributed by atoms with Gasteiger partial charge >= 0.3 is 46.0 Å². The van der Waals surface area contributed by atoms with Gasteiger partial charge in [0.05, 0.1) is 0 Å². The summed E-state index contributed by atoms with van der Waals surface area (Å²) in [7, 11) is 0. The summed E-state index contributed by atoms with van der Waals surface area (Å²) in [5.41, 5.74) is 1.26. The molecular weight excluding hydrogens is 115 g/mol. The van der Waals surface area contributed by atoms with E-state index in [9.17, 15) is 0 Å². The zero-order chi connectivity index (χ0) is 4.99. The van der Waals surface area contributed by atoms with E-state index in [1.165, 1.54) is 5.57 Å². The summed E-state index contributed by atoms with van der Waals surface area (Å²) in [6.07, 6.45) is 1.09. The molecule has 35 valence electrons. The van der Waals surface area contributed by atoms with Crippen LogP contribution in [0.1, 0.15) is 20.3 Å². The van der Waals surface area contributed by atoms with Crippen molar-refractivity contribution in [1.29, 1.82) is 0 Å². The molecule has 0 unspecified atom stereocenters. The molecule has 0 nitrogen and oxygen atoms in total. The molecule has 6 heavy (non-hydrogen) atoms. The summed E-state index contributed by atoms with van der Waals surface area (Å²) in [4.78, 5) is 0. The van der Waals surface area contributed by atoms with Gasteiger partial charge in [0.1, 0.15) is 0 Å². The maximum atomic E-state index is 3.09. The Morgan fingerprint density at radius 3 is 2.33 bits per heavy atom. The van der Waals surface area contributed by atoms with Crippen molar-refractivity contribution >= 4 is 4.58 Å². The van der Waals surface area contributed by atoms with E-state index in [1.807, 2.05) is 6.92 Å². The van der Waals surface area contributed by atoms with Crippen molar-refractivity contribution in [1.82, 2.24) is 0 Å². The molecule has 0 spiro atoms. The fourth-order valence-corrected chi connectivity index (χ4v) is 0.275. The molecule has 0 amide bonds. The van der Waals surface area contributed by atoms with Crippen LogP contribution in [0.25, 0.3) is 0 Å². The maximum absolute atomic E-state index is 3.09. The van der Waals surface area contributed by atoms with Crippen LogP contribution < -0.4 is 0 Å². The van der Waals surface area contributed by atoms with E-state index < -0.39 is 0 Å². The van der Waals surface area contributed by atoms with Gasteiger partial charge in [-0.05, 0) is 0 Å². The normalized spacial score (nSPS) is 7.00. The zero-order valence-electron chi connectivity index (χ0n) is 4.09. The third-order valence-electron chi connectivity index (χ3n) is 0.692. The van der Waals surface area contributed by atoms with Crippen molar-refractivity contribution in [2.24, 2.45) is 0 Å². The Labute approximate surface area is 46.6 Å². The number of allylic oxidation sites excluding steroid dienone is 1. The molecule has 0 aromatic rings. The van der Waals surface area contributed by atoms with Crippen LogP contribution >= 0.6 is 0 Å². The number of hydrogen-bond donors (Lipinski definition) is 0. The van der Waals surface area contributed by atoms with Crippen molar-refractivity contribution in [2.75, 3.05) is 0 Å². The van der Waals surface area contributed by atoms with Gasteiger partial charge in [0.25, 0.3) is 0 Å². The molecule has 0 saturated heterocycles. The zero-order valence-corrected chi connectivity index (χ0v) is 5.27. The number of hydrogen-bond acceptors (Lipinski definition) is 0. The van der Waals surface area contributed by atoms with E-state index >= 15 is 0 Å². The van der Waals surface area contributed by atoms with Crippen LogP contribution in [0, 0.1) is 0 Å². The monoisotopic (exact) mass is 123 g/mol. The minimum atomic E-state index is 1.09. The molecule has 0 heterocycles. The van der Waals surface area contributed by atoms with Gasteiger partial charge < -0.3 is 0 Å². The van der Waals surface area contributed by atoms with Gasteiger partial charge in [-0.2, -0.15) is 0 Å². The first-order valence-electron chi connectivity index (χ1n) is 2.00. The molecular formula is C5H8Mn. The average molecular weight is 123 g/mol. The third kappa shape index (κ3) is 2.41. The van der Waals surface area contributed by atoms with Crippen LogP contribution in [0.5, 0.6) is 0 Å². The molecule has 0 aromatic heterocycles. The quantitative estimate of drug-likeness (QED) is 0.461. The molecule has 0 saturated carbocycles. The summed E-state index contributed by atoms with van der Waals surface area (Å²) in [6, 6.07) is 0. The molecule has 0 radical (unpaired) electrons. The van der Waals surface area contributed by atoms with Crippen molar-refractivity contribution < 1.29 is 15.6 Å². The predicted molar refractivity (Wildman–Crippen MR) is 24.5 cm³/mol. The Bertz CT molecular complexity index is 77.9. The van der Waals surface area contributed by atoms with Gasteiger partial charge in [-0.3, -0.25) is 0 Å². The first-order valence-corrected chi connectivity index (χ1v) is 2.59. The topological polar surface area (TPSA) is 0 Å². The standard InChI is InChI=1S/C5H8.Mn/c1-4-5(2)3;/h4H2,1-2H3;. The van der Waals surface area contributed by atoms with Crippen molar-refractivity contribution in [3.63, 3.8) is 0 Å². The fourth-order valence-electron chi connectivity index (χ4n) is 0.0668. The van der Waals surface area contributed by atoms with E-state index in [0.29, 0.717) is 0 Å². The van der Waals surface area contributed by atoms with Gasteiger partial charge in [-0.15, -0.1) is 0 Å². The molecule has 0 aromatic carbocycles. The van der Waals surface area contributed by atoms with E-state index in [0.717, 1.165) is 6.42 Å². The van der Waals surface area contributed by atoms with Gasteiger partial charge in [0.2, 0.25) is 0 Å². The van der Waals surface area contributed by atoms with E-state index in [1.54, 1.807) is 0 Å². The van der Waals surface area contributed by atoms with Crippen LogP contribution in [0.2, 0.25) is 0 Å². The predicted octanol–water partition coefficient (Wildman–Crippen LogP) is 1.29. The molecule has 0 fully saturated rings. The van der Waals surface area contributed by atoms with Crippen LogP contribution in [-0.2, 0) is 15.6 Å². The molecule has 0 aliphatic rings. The van der Waals surface area contributed by atoms with Crippen LogP contribution in [0.4, 0.5) is 0 Å². The number of rotatable bonds is 1. The summed E-state index contributed by atoms with van der Waals surface area (Å²) in [6.45, 7) is 4.14. The van der Waals surface area contributed by atoms with Crippen LogP contribution in [0.3, 0.4) is 0 Å². The molecule has 0 aliphatic carbocycles. The van der Waals surface area contributed by atoms with Gasteiger partial charge in [0, 0.05) is 0 Å². The molecule has 0 bridgehead atoms. The van der Waals surface area contributed by atoms with Gasteiger partial charge in [0.15, 0.2) is 0 Å². The van der Waals surface area contributed by atoms with E-state index in [2.05, 4.69) is 27.1 Å². The minimum absolute atomic E-state index is 1.09. The van der Waals surface area contributed by atoms with Crippen LogP contribution in [-0.4, -0.2) is 4.58 Å². The molecule has 0 N–H and O–H groups in total. The molecule has 0 atom stereocenters. The molecule has 1 heteroatoms. The second-order valence-corrected chi connectivity index (χ2v) is 1.52. The third-order valence-corrected chi connectivity index (χ3v) is 1.20. The van der Waals surface area contributed by atoms with Crippen molar-refractivity contribution in [3.05, 3.63) is 5.57 Å². The first-order chi connectivity index (χ1) is 2.81. The average Bonchev–Trinajstić information content (AvgIpc) is 1.65. The summed E-state index contributed by atoms with van der Waals surface area (Å²) in [5.74, 6) is 0. The van der Waals surface area contributed by atoms with E-state index in [-0.39, 0.29) is 0 Å².